The zero-order valence-electron chi connectivity index (χ0n) is 13.9. The molecule has 1 atom stereocenters. The van der Waals surface area contributed by atoms with E-state index in [1.165, 1.54) is 12.5 Å². The van der Waals surface area contributed by atoms with Crippen molar-refractivity contribution in [2.75, 3.05) is 5.32 Å². The van der Waals surface area contributed by atoms with E-state index in [1.807, 2.05) is 32.0 Å². The summed E-state index contributed by atoms with van der Waals surface area (Å²) in [5.41, 5.74) is 3.63. The summed E-state index contributed by atoms with van der Waals surface area (Å²) >= 11 is 5.99. The maximum absolute atomic E-state index is 12.1. The van der Waals surface area contributed by atoms with Crippen LogP contribution in [0.5, 0.6) is 0 Å². The van der Waals surface area contributed by atoms with Gasteiger partial charge in [-0.1, -0.05) is 41.9 Å². The molecule has 0 fully saturated rings. The number of hydrogen-bond acceptors (Lipinski definition) is 3. The highest BCUT2D eigenvalue weighted by molar-refractivity contribution is 6.33. The Morgan fingerprint density at radius 1 is 1.12 bits per heavy atom. The van der Waals surface area contributed by atoms with Crippen molar-refractivity contribution in [2.45, 2.75) is 33.3 Å². The number of rotatable bonds is 5. The summed E-state index contributed by atoms with van der Waals surface area (Å²) in [5.74, 6) is -0.864. The topological polar surface area (TPSA) is 55.4 Å². The van der Waals surface area contributed by atoms with Crippen LogP contribution in [0.4, 0.5) is 5.69 Å². The van der Waals surface area contributed by atoms with E-state index in [9.17, 15) is 9.59 Å². The molecule has 2 aromatic rings. The normalized spacial score (nSPS) is 11.7. The Kier molecular flexibility index (Phi) is 5.99. The molecule has 0 radical (unpaired) electrons. The van der Waals surface area contributed by atoms with Crippen molar-refractivity contribution in [3.63, 3.8) is 0 Å². The van der Waals surface area contributed by atoms with Gasteiger partial charge in [0.2, 0.25) is 0 Å². The highest BCUT2D eigenvalue weighted by Crippen LogP contribution is 2.20. The van der Waals surface area contributed by atoms with Crippen LogP contribution in [0.25, 0.3) is 0 Å². The molecule has 2 rings (SSSR count). The number of amides is 1. The Hall–Kier alpha value is -2.33. The molecule has 1 N–H and O–H groups in total. The lowest BCUT2D eigenvalue weighted by molar-refractivity contribution is -0.152. The Labute approximate surface area is 146 Å². The van der Waals surface area contributed by atoms with Crippen LogP contribution < -0.4 is 5.32 Å². The Balaban J connectivity index is 1.92. The van der Waals surface area contributed by atoms with Gasteiger partial charge in [0, 0.05) is 0 Å². The molecule has 0 aliphatic heterocycles. The number of benzene rings is 2. The number of hydrogen-bond donors (Lipinski definition) is 1. The van der Waals surface area contributed by atoms with E-state index in [1.54, 1.807) is 24.3 Å². The van der Waals surface area contributed by atoms with Crippen LogP contribution in [-0.2, 0) is 20.7 Å². The van der Waals surface area contributed by atoms with Crippen LogP contribution in [0.2, 0.25) is 5.02 Å². The molecule has 0 aromatic heterocycles. The molecule has 0 unspecified atom stereocenters. The first-order chi connectivity index (χ1) is 11.4. The largest absolute Gasteiger partial charge is 0.452 e. The molecule has 0 aliphatic carbocycles. The minimum atomic E-state index is -0.902. The lowest BCUT2D eigenvalue weighted by Gasteiger charge is -2.14. The molecule has 1 amide bonds. The van der Waals surface area contributed by atoms with E-state index < -0.39 is 18.0 Å². The number of carbonyl (C=O) groups excluding carboxylic acids is 2. The third kappa shape index (κ3) is 4.83. The quantitative estimate of drug-likeness (QED) is 0.831. The SMILES string of the molecule is Cc1ccc(CC(=O)O[C@@H](C)C(=O)Nc2ccccc2Cl)cc1C. The van der Waals surface area contributed by atoms with Crippen LogP contribution in [0.3, 0.4) is 0 Å². The summed E-state index contributed by atoms with van der Waals surface area (Å²) in [6.07, 6.45) is -0.773. The van der Waals surface area contributed by atoms with Crippen molar-refractivity contribution >= 4 is 29.2 Å². The smallest absolute Gasteiger partial charge is 0.311 e. The zero-order chi connectivity index (χ0) is 17.7. The van der Waals surface area contributed by atoms with Crippen molar-refractivity contribution in [3.8, 4) is 0 Å². The number of nitrogens with one attached hydrogen (secondary N) is 1. The van der Waals surface area contributed by atoms with Gasteiger partial charge in [0.1, 0.15) is 0 Å². The van der Waals surface area contributed by atoms with Gasteiger partial charge in [-0.15, -0.1) is 0 Å². The monoisotopic (exact) mass is 345 g/mol. The third-order valence-electron chi connectivity index (χ3n) is 3.73. The highest BCUT2D eigenvalue weighted by atomic mass is 35.5. The lowest BCUT2D eigenvalue weighted by Crippen LogP contribution is -2.30. The maximum Gasteiger partial charge on any atom is 0.311 e. The van der Waals surface area contributed by atoms with E-state index in [2.05, 4.69) is 5.32 Å². The molecule has 4 nitrogen and oxygen atoms in total. The fourth-order valence-electron chi connectivity index (χ4n) is 2.17. The average Bonchev–Trinajstić information content (AvgIpc) is 2.53. The minimum absolute atomic E-state index is 0.130. The number of ether oxygens (including phenoxy) is 1. The number of para-hydroxylation sites is 1. The molecule has 5 heteroatoms. The Bertz CT molecular complexity index is 758. The molecule has 0 saturated carbocycles. The van der Waals surface area contributed by atoms with Crippen molar-refractivity contribution in [3.05, 3.63) is 64.2 Å². The summed E-state index contributed by atoms with van der Waals surface area (Å²) in [5, 5.41) is 3.08. The fraction of sp³-hybridized carbons (Fsp3) is 0.263. The second kappa shape index (κ2) is 7.97. The molecular formula is C19H20ClNO3. The number of anilines is 1. The predicted molar refractivity (Wildman–Crippen MR) is 95.3 cm³/mol. The summed E-state index contributed by atoms with van der Waals surface area (Å²) < 4.78 is 5.20. The molecule has 0 spiro atoms. The molecule has 2 aromatic carbocycles. The lowest BCUT2D eigenvalue weighted by atomic mass is 10.0. The molecule has 24 heavy (non-hydrogen) atoms. The first-order valence-corrected chi connectivity index (χ1v) is 8.05. The summed E-state index contributed by atoms with van der Waals surface area (Å²) in [7, 11) is 0. The third-order valence-corrected chi connectivity index (χ3v) is 4.06. The van der Waals surface area contributed by atoms with Gasteiger partial charge in [0.25, 0.3) is 5.91 Å². The summed E-state index contributed by atoms with van der Waals surface area (Å²) in [6.45, 7) is 5.53. The molecule has 0 bridgehead atoms. The minimum Gasteiger partial charge on any atom is -0.452 e. The van der Waals surface area contributed by atoms with Gasteiger partial charge in [0.05, 0.1) is 17.1 Å². The first kappa shape index (κ1) is 18.0. The van der Waals surface area contributed by atoms with Gasteiger partial charge >= 0.3 is 5.97 Å². The molecule has 0 aliphatic rings. The van der Waals surface area contributed by atoms with Gasteiger partial charge < -0.3 is 10.1 Å². The van der Waals surface area contributed by atoms with Crippen molar-refractivity contribution < 1.29 is 14.3 Å². The molecule has 126 valence electrons. The van der Waals surface area contributed by atoms with Crippen LogP contribution in [0.15, 0.2) is 42.5 Å². The predicted octanol–water partition coefficient (Wildman–Crippen LogP) is 4.07. The van der Waals surface area contributed by atoms with Crippen molar-refractivity contribution in [2.24, 2.45) is 0 Å². The van der Waals surface area contributed by atoms with E-state index in [0.29, 0.717) is 10.7 Å². The zero-order valence-corrected chi connectivity index (χ0v) is 14.7. The van der Waals surface area contributed by atoms with Crippen LogP contribution in [-0.4, -0.2) is 18.0 Å². The fourth-order valence-corrected chi connectivity index (χ4v) is 2.35. The number of halogens is 1. The van der Waals surface area contributed by atoms with Crippen molar-refractivity contribution in [1.82, 2.24) is 0 Å². The van der Waals surface area contributed by atoms with Gasteiger partial charge in [0.15, 0.2) is 6.10 Å². The summed E-state index contributed by atoms with van der Waals surface area (Å²) in [6, 6.07) is 12.7. The van der Waals surface area contributed by atoms with Crippen LogP contribution >= 0.6 is 11.6 Å². The standard InChI is InChI=1S/C19H20ClNO3/c1-12-8-9-15(10-13(12)2)11-18(22)24-14(3)19(23)21-17-7-5-4-6-16(17)20/h4-10,14H,11H2,1-3H3,(H,21,23)/t14-/m0/s1. The van der Waals surface area contributed by atoms with Gasteiger partial charge in [-0.05, 0) is 49.6 Å². The second-order valence-corrected chi connectivity index (χ2v) is 6.10. The molecule has 0 heterocycles. The van der Waals surface area contributed by atoms with E-state index in [4.69, 9.17) is 16.3 Å². The van der Waals surface area contributed by atoms with Crippen molar-refractivity contribution in [1.29, 1.82) is 0 Å². The summed E-state index contributed by atoms with van der Waals surface area (Å²) in [4.78, 5) is 24.1. The Morgan fingerprint density at radius 3 is 2.50 bits per heavy atom. The number of aryl methyl sites for hydroxylation is 2. The highest BCUT2D eigenvalue weighted by Gasteiger charge is 2.19. The van der Waals surface area contributed by atoms with E-state index in [-0.39, 0.29) is 6.42 Å². The van der Waals surface area contributed by atoms with Crippen LogP contribution in [0, 0.1) is 13.8 Å². The average molecular weight is 346 g/mol. The number of esters is 1. The molecule has 0 saturated heterocycles. The van der Waals surface area contributed by atoms with E-state index in [0.717, 1.165) is 11.1 Å². The second-order valence-electron chi connectivity index (χ2n) is 5.70. The number of carbonyl (C=O) groups is 2. The van der Waals surface area contributed by atoms with Gasteiger partial charge in [-0.25, -0.2) is 0 Å². The first-order valence-electron chi connectivity index (χ1n) is 7.68. The van der Waals surface area contributed by atoms with Gasteiger partial charge in [-0.3, -0.25) is 9.59 Å². The maximum atomic E-state index is 12.1. The van der Waals surface area contributed by atoms with Gasteiger partial charge in [-0.2, -0.15) is 0 Å². The van der Waals surface area contributed by atoms with E-state index >= 15 is 0 Å². The van der Waals surface area contributed by atoms with Crippen LogP contribution in [0.1, 0.15) is 23.6 Å². The Morgan fingerprint density at radius 2 is 1.83 bits per heavy atom. The molecular weight excluding hydrogens is 326 g/mol.